The van der Waals surface area contributed by atoms with E-state index in [1.54, 1.807) is 0 Å². The number of halogens is 4. The largest absolute Gasteiger partial charge is 0.381 e. The van der Waals surface area contributed by atoms with Crippen LogP contribution in [-0.2, 0) is 5.92 Å². The van der Waals surface area contributed by atoms with Crippen LogP contribution in [0.3, 0.4) is 0 Å². The molecule has 0 aliphatic rings. The number of alkyl halides is 4. The Morgan fingerprint density at radius 2 is 1.57 bits per heavy atom. The minimum atomic E-state index is -3.92. The van der Waals surface area contributed by atoms with Crippen molar-refractivity contribution in [2.24, 2.45) is 0 Å². The van der Waals surface area contributed by atoms with E-state index < -0.39 is 24.0 Å². The third-order valence-electron chi connectivity index (χ3n) is 1.77. The molecule has 1 unspecified atom stereocenters. The Morgan fingerprint density at radius 3 is 2.00 bits per heavy atom. The van der Waals surface area contributed by atoms with E-state index in [1.165, 1.54) is 18.2 Å². The fourth-order valence-electron chi connectivity index (χ4n) is 0.989. The van der Waals surface area contributed by atoms with Crippen molar-refractivity contribution in [3.63, 3.8) is 0 Å². The van der Waals surface area contributed by atoms with Gasteiger partial charge in [-0.1, -0.05) is 30.3 Å². The molecule has 0 fully saturated rings. The van der Waals surface area contributed by atoms with Crippen LogP contribution >= 0.6 is 0 Å². The maximum atomic E-state index is 13.1. The van der Waals surface area contributed by atoms with Gasteiger partial charge in [0.1, 0.15) is 0 Å². The van der Waals surface area contributed by atoms with Gasteiger partial charge in [-0.25, -0.2) is 8.78 Å². The van der Waals surface area contributed by atoms with Gasteiger partial charge < -0.3 is 5.11 Å². The van der Waals surface area contributed by atoms with Crippen molar-refractivity contribution in [3.05, 3.63) is 35.9 Å². The maximum Gasteiger partial charge on any atom is 0.304 e. The molecule has 5 heteroatoms. The van der Waals surface area contributed by atoms with Crippen LogP contribution in [0.2, 0.25) is 0 Å². The SMILES string of the molecule is OC(C(F)F)C(F)(F)c1ccccc1. The second kappa shape index (κ2) is 3.96. The van der Waals surface area contributed by atoms with Crippen LogP contribution in [0.15, 0.2) is 30.3 Å². The van der Waals surface area contributed by atoms with Gasteiger partial charge >= 0.3 is 5.92 Å². The van der Waals surface area contributed by atoms with E-state index in [2.05, 4.69) is 0 Å². The summed E-state index contributed by atoms with van der Waals surface area (Å²) in [5.74, 6) is -3.92. The van der Waals surface area contributed by atoms with Crippen molar-refractivity contribution >= 4 is 0 Å². The van der Waals surface area contributed by atoms with E-state index in [0.717, 1.165) is 12.1 Å². The normalized spacial score (nSPS) is 14.4. The summed E-state index contributed by atoms with van der Waals surface area (Å²) in [6, 6.07) is 6.05. The topological polar surface area (TPSA) is 20.2 Å². The molecule has 1 aromatic carbocycles. The van der Waals surface area contributed by atoms with E-state index >= 15 is 0 Å². The number of rotatable bonds is 3. The summed E-state index contributed by atoms with van der Waals surface area (Å²) in [6.07, 6.45) is -6.44. The summed E-state index contributed by atoms with van der Waals surface area (Å²) in [5.41, 5.74) is -0.618. The zero-order valence-electron chi connectivity index (χ0n) is 7.00. The molecule has 1 rings (SSSR count). The van der Waals surface area contributed by atoms with Gasteiger partial charge in [0.05, 0.1) is 0 Å². The highest BCUT2D eigenvalue weighted by atomic mass is 19.3. The first-order valence-corrected chi connectivity index (χ1v) is 3.86. The Hall–Kier alpha value is -1.10. The van der Waals surface area contributed by atoms with Crippen molar-refractivity contribution < 1.29 is 22.7 Å². The Labute approximate surface area is 78.0 Å². The summed E-state index contributed by atoms with van der Waals surface area (Å²) < 4.78 is 49.9. The second-order valence-electron chi connectivity index (χ2n) is 2.77. The van der Waals surface area contributed by atoms with Crippen LogP contribution < -0.4 is 0 Å². The molecule has 0 saturated heterocycles. The first kappa shape index (κ1) is 11.0. The average Bonchev–Trinajstić information content (AvgIpc) is 2.18. The predicted octanol–water partition coefficient (Wildman–Crippen LogP) is 2.40. The molecule has 1 aromatic rings. The molecule has 0 saturated carbocycles. The molecule has 1 nitrogen and oxygen atoms in total. The molecule has 78 valence electrons. The van der Waals surface area contributed by atoms with Crippen molar-refractivity contribution in [2.75, 3.05) is 0 Å². The maximum absolute atomic E-state index is 13.1. The summed E-state index contributed by atoms with van der Waals surface area (Å²) >= 11 is 0. The summed E-state index contributed by atoms with van der Waals surface area (Å²) in [5, 5.41) is 8.61. The Balaban J connectivity index is 2.96. The zero-order valence-corrected chi connectivity index (χ0v) is 7.00. The fourth-order valence-corrected chi connectivity index (χ4v) is 0.989. The van der Waals surface area contributed by atoms with E-state index in [1.807, 2.05) is 0 Å². The Morgan fingerprint density at radius 1 is 1.07 bits per heavy atom. The van der Waals surface area contributed by atoms with Gasteiger partial charge in [0.15, 0.2) is 6.10 Å². The number of hydrogen-bond donors (Lipinski definition) is 1. The van der Waals surface area contributed by atoms with Gasteiger partial charge in [-0.15, -0.1) is 0 Å². The smallest absolute Gasteiger partial charge is 0.304 e. The van der Waals surface area contributed by atoms with Gasteiger partial charge in [0, 0.05) is 5.56 Å². The highest BCUT2D eigenvalue weighted by Crippen LogP contribution is 2.34. The highest BCUT2D eigenvalue weighted by Gasteiger charge is 2.45. The molecule has 0 amide bonds. The first-order valence-electron chi connectivity index (χ1n) is 3.86. The first-order chi connectivity index (χ1) is 6.46. The summed E-state index contributed by atoms with van der Waals surface area (Å²) in [7, 11) is 0. The lowest BCUT2D eigenvalue weighted by atomic mass is 10.0. The molecule has 0 bridgehead atoms. The van der Waals surface area contributed by atoms with E-state index in [0.29, 0.717) is 0 Å². The monoisotopic (exact) mass is 208 g/mol. The standard InChI is InChI=1S/C9H8F4O/c10-8(11)7(14)9(12,13)6-4-2-1-3-5-6/h1-5,7-8,14H. The van der Waals surface area contributed by atoms with Gasteiger partial charge in [0.25, 0.3) is 6.43 Å². The lowest BCUT2D eigenvalue weighted by Gasteiger charge is -2.21. The summed E-state index contributed by atoms with van der Waals surface area (Å²) in [6.45, 7) is 0. The molecule has 0 aromatic heterocycles. The molecule has 0 radical (unpaired) electrons. The average molecular weight is 208 g/mol. The molecule has 0 aliphatic heterocycles. The summed E-state index contributed by atoms with van der Waals surface area (Å²) in [4.78, 5) is 0. The van der Waals surface area contributed by atoms with Gasteiger partial charge in [-0.3, -0.25) is 0 Å². The van der Waals surface area contributed by atoms with Crippen LogP contribution in [0.5, 0.6) is 0 Å². The van der Waals surface area contributed by atoms with Crippen molar-refractivity contribution in [2.45, 2.75) is 18.5 Å². The van der Waals surface area contributed by atoms with Crippen LogP contribution in [0, 0.1) is 0 Å². The molecule has 0 aliphatic carbocycles. The van der Waals surface area contributed by atoms with E-state index in [-0.39, 0.29) is 0 Å². The molecule has 0 spiro atoms. The number of hydrogen-bond acceptors (Lipinski definition) is 1. The lowest BCUT2D eigenvalue weighted by Crippen LogP contribution is -2.36. The lowest BCUT2D eigenvalue weighted by molar-refractivity contribution is -0.168. The number of benzene rings is 1. The number of aliphatic hydroxyl groups excluding tert-OH is 1. The number of aliphatic hydroxyl groups is 1. The Bertz CT molecular complexity index is 286. The quantitative estimate of drug-likeness (QED) is 0.756. The van der Waals surface area contributed by atoms with Crippen LogP contribution in [-0.4, -0.2) is 17.6 Å². The third kappa shape index (κ3) is 2.04. The minimum Gasteiger partial charge on any atom is -0.381 e. The third-order valence-corrected chi connectivity index (χ3v) is 1.77. The fraction of sp³-hybridized carbons (Fsp3) is 0.333. The van der Waals surface area contributed by atoms with Crippen LogP contribution in [0.1, 0.15) is 5.56 Å². The zero-order chi connectivity index (χ0) is 10.8. The van der Waals surface area contributed by atoms with Gasteiger partial charge in [0.2, 0.25) is 0 Å². The van der Waals surface area contributed by atoms with E-state index in [4.69, 9.17) is 5.11 Å². The van der Waals surface area contributed by atoms with Crippen molar-refractivity contribution in [3.8, 4) is 0 Å². The highest BCUT2D eigenvalue weighted by molar-refractivity contribution is 5.21. The van der Waals surface area contributed by atoms with E-state index in [9.17, 15) is 17.6 Å². The Kier molecular flexibility index (Phi) is 3.10. The molecule has 14 heavy (non-hydrogen) atoms. The predicted molar refractivity (Wildman–Crippen MR) is 42.3 cm³/mol. The minimum absolute atomic E-state index is 0.618. The van der Waals surface area contributed by atoms with Gasteiger partial charge in [-0.2, -0.15) is 8.78 Å². The van der Waals surface area contributed by atoms with Crippen molar-refractivity contribution in [1.82, 2.24) is 0 Å². The van der Waals surface area contributed by atoms with Crippen LogP contribution in [0.4, 0.5) is 17.6 Å². The second-order valence-corrected chi connectivity index (χ2v) is 2.77. The van der Waals surface area contributed by atoms with Crippen molar-refractivity contribution in [1.29, 1.82) is 0 Å². The molecule has 1 atom stereocenters. The van der Waals surface area contributed by atoms with Gasteiger partial charge in [-0.05, 0) is 0 Å². The van der Waals surface area contributed by atoms with Crippen LogP contribution in [0.25, 0.3) is 0 Å². The molecule has 0 heterocycles. The molecule has 1 N–H and O–H groups in total. The molecular weight excluding hydrogens is 200 g/mol. The molecular formula is C9H8F4O.